The van der Waals surface area contributed by atoms with Crippen molar-refractivity contribution in [2.45, 2.75) is 13.1 Å². The van der Waals surface area contributed by atoms with Crippen LogP contribution in [-0.2, 0) is 13.1 Å². The average Bonchev–Trinajstić information content (AvgIpc) is 3.08. The van der Waals surface area contributed by atoms with Gasteiger partial charge in [0.05, 0.1) is 10.7 Å². The highest BCUT2D eigenvalue weighted by Gasteiger charge is 2.24. The molecule has 5 heteroatoms. The van der Waals surface area contributed by atoms with Crippen LogP contribution in [0.15, 0.2) is 66.7 Å². The van der Waals surface area contributed by atoms with Gasteiger partial charge in [-0.2, -0.15) is 0 Å². The molecule has 0 unspecified atom stereocenters. The van der Waals surface area contributed by atoms with Gasteiger partial charge in [0.15, 0.2) is 0 Å². The Morgan fingerprint density at radius 3 is 2.45 bits per heavy atom. The van der Waals surface area contributed by atoms with Crippen LogP contribution >= 0.6 is 11.6 Å². The third kappa shape index (κ3) is 4.06. The molecule has 1 fully saturated rings. The van der Waals surface area contributed by atoms with Crippen LogP contribution in [0.1, 0.15) is 21.5 Å². The summed E-state index contributed by atoms with van der Waals surface area (Å²) in [5, 5.41) is 0.825. The lowest BCUT2D eigenvalue weighted by Gasteiger charge is -2.36. The highest BCUT2D eigenvalue weighted by Crippen LogP contribution is 2.29. The first-order valence-corrected chi connectivity index (χ1v) is 11.2. The van der Waals surface area contributed by atoms with E-state index < -0.39 is 0 Å². The molecule has 0 bridgehead atoms. The van der Waals surface area contributed by atoms with Crippen LogP contribution in [0.4, 0.5) is 5.69 Å². The molecule has 1 saturated heterocycles. The van der Waals surface area contributed by atoms with E-state index in [2.05, 4.69) is 52.3 Å². The van der Waals surface area contributed by atoms with Gasteiger partial charge in [0, 0.05) is 51.9 Å². The number of amides is 1. The van der Waals surface area contributed by atoms with E-state index in [1.54, 1.807) is 4.90 Å². The van der Waals surface area contributed by atoms with Gasteiger partial charge in [0.1, 0.15) is 0 Å². The van der Waals surface area contributed by atoms with Crippen molar-refractivity contribution in [1.82, 2.24) is 9.80 Å². The fourth-order valence-electron chi connectivity index (χ4n) is 4.61. The smallest absolute Gasteiger partial charge is 0.254 e. The third-order valence-electron chi connectivity index (χ3n) is 6.32. The first-order valence-electron chi connectivity index (χ1n) is 10.8. The lowest BCUT2D eigenvalue weighted by molar-refractivity contribution is 0.0816. The summed E-state index contributed by atoms with van der Waals surface area (Å²) >= 11 is 6.37. The summed E-state index contributed by atoms with van der Waals surface area (Å²) in [6.07, 6.45) is 0. The van der Waals surface area contributed by atoms with Crippen LogP contribution in [0.25, 0.3) is 11.1 Å². The van der Waals surface area contributed by atoms with E-state index in [9.17, 15) is 4.79 Å². The van der Waals surface area contributed by atoms with Crippen LogP contribution in [0, 0.1) is 0 Å². The van der Waals surface area contributed by atoms with Crippen molar-refractivity contribution in [2.24, 2.45) is 0 Å². The number of fused-ring (bicyclic) bond motifs is 1. The molecule has 4 nitrogen and oxygen atoms in total. The molecule has 0 radical (unpaired) electrons. The number of halogens is 1. The van der Waals surface area contributed by atoms with Crippen LogP contribution in [-0.4, -0.2) is 48.9 Å². The molecule has 3 aromatic carbocycles. The van der Waals surface area contributed by atoms with Crippen molar-refractivity contribution in [1.29, 1.82) is 0 Å². The Labute approximate surface area is 188 Å². The summed E-state index contributed by atoms with van der Waals surface area (Å²) < 4.78 is 0. The zero-order valence-electron chi connectivity index (χ0n) is 17.7. The molecular weight excluding hydrogens is 406 g/mol. The lowest BCUT2D eigenvalue weighted by atomic mass is 9.99. The van der Waals surface area contributed by atoms with Crippen molar-refractivity contribution in [3.05, 3.63) is 88.4 Å². The second-order valence-corrected chi connectivity index (χ2v) is 8.86. The molecule has 31 heavy (non-hydrogen) atoms. The molecule has 3 aromatic rings. The van der Waals surface area contributed by atoms with Gasteiger partial charge in [-0.15, -0.1) is 0 Å². The summed E-state index contributed by atoms with van der Waals surface area (Å²) in [5.41, 5.74) is 6.78. The van der Waals surface area contributed by atoms with E-state index in [0.29, 0.717) is 6.54 Å². The predicted molar refractivity (Wildman–Crippen MR) is 127 cm³/mol. The van der Waals surface area contributed by atoms with Crippen LogP contribution in [0.3, 0.4) is 0 Å². The van der Waals surface area contributed by atoms with E-state index in [1.165, 1.54) is 16.7 Å². The van der Waals surface area contributed by atoms with Crippen LogP contribution in [0.2, 0.25) is 5.02 Å². The Morgan fingerprint density at radius 2 is 1.65 bits per heavy atom. The third-order valence-corrected chi connectivity index (χ3v) is 6.64. The van der Waals surface area contributed by atoms with Gasteiger partial charge in [0.2, 0.25) is 0 Å². The zero-order valence-corrected chi connectivity index (χ0v) is 18.5. The van der Waals surface area contributed by atoms with Gasteiger partial charge in [-0.3, -0.25) is 9.69 Å². The Morgan fingerprint density at radius 1 is 0.871 bits per heavy atom. The van der Waals surface area contributed by atoms with E-state index in [-0.39, 0.29) is 5.91 Å². The summed E-state index contributed by atoms with van der Waals surface area (Å²) in [6.45, 7) is 5.63. The number of rotatable bonds is 4. The van der Waals surface area contributed by atoms with Gasteiger partial charge in [-0.05, 0) is 52.6 Å². The van der Waals surface area contributed by atoms with Crippen LogP contribution in [0.5, 0.6) is 0 Å². The molecule has 5 rings (SSSR count). The number of carbonyl (C=O) groups excluding carboxylic acids is 1. The summed E-state index contributed by atoms with van der Waals surface area (Å²) in [4.78, 5) is 18.8. The molecule has 1 amide bonds. The van der Waals surface area contributed by atoms with Crippen molar-refractivity contribution < 1.29 is 4.79 Å². The molecule has 158 valence electrons. The molecule has 0 aromatic heterocycles. The zero-order chi connectivity index (χ0) is 21.4. The molecule has 2 heterocycles. The lowest BCUT2D eigenvalue weighted by Crippen LogP contribution is -2.46. The van der Waals surface area contributed by atoms with E-state index in [0.717, 1.165) is 54.6 Å². The minimum Gasteiger partial charge on any atom is -0.368 e. The largest absolute Gasteiger partial charge is 0.368 e. The quantitative estimate of drug-likeness (QED) is 0.587. The fraction of sp³-hybridized carbons (Fsp3) is 0.269. The minimum absolute atomic E-state index is 0.117. The van der Waals surface area contributed by atoms with Crippen molar-refractivity contribution in [2.75, 3.05) is 38.1 Å². The number of carbonyl (C=O) groups is 1. The maximum atomic E-state index is 12.2. The molecular formula is C26H26ClN3O. The van der Waals surface area contributed by atoms with Crippen molar-refractivity contribution in [3.8, 4) is 11.1 Å². The number of piperazine rings is 1. The van der Waals surface area contributed by atoms with Crippen LogP contribution < -0.4 is 4.90 Å². The summed E-state index contributed by atoms with van der Waals surface area (Å²) in [6, 6.07) is 23.1. The minimum atomic E-state index is 0.117. The molecule has 0 spiro atoms. The molecule has 2 aliphatic rings. The number of nitrogens with zero attached hydrogens (tertiary/aromatic N) is 3. The van der Waals surface area contributed by atoms with Gasteiger partial charge < -0.3 is 9.80 Å². The Kier molecular flexibility index (Phi) is 5.43. The Balaban J connectivity index is 1.26. The molecule has 2 aliphatic heterocycles. The standard InChI is InChI=1S/C26H26ClN3O/c1-28-18-22-16-21(9-10-23(22)26(28)31)20-6-4-5-19(15-20)17-29-11-13-30(14-12-29)25-8-3-2-7-24(25)27/h2-10,15-16H,11-14,17-18H2,1H3. The van der Waals surface area contributed by atoms with Gasteiger partial charge in [-0.1, -0.05) is 48.0 Å². The van der Waals surface area contributed by atoms with Gasteiger partial charge in [-0.25, -0.2) is 0 Å². The number of anilines is 1. The molecule has 0 saturated carbocycles. The SMILES string of the molecule is CN1Cc2cc(-c3cccc(CN4CCN(c5ccccc5Cl)CC4)c3)ccc2C1=O. The Bertz CT molecular complexity index is 1120. The molecule has 0 atom stereocenters. The maximum Gasteiger partial charge on any atom is 0.254 e. The highest BCUT2D eigenvalue weighted by atomic mass is 35.5. The number of hydrogen-bond donors (Lipinski definition) is 0. The van der Waals surface area contributed by atoms with Gasteiger partial charge in [0.25, 0.3) is 5.91 Å². The van der Waals surface area contributed by atoms with Crippen molar-refractivity contribution in [3.63, 3.8) is 0 Å². The average molecular weight is 432 g/mol. The van der Waals surface area contributed by atoms with E-state index >= 15 is 0 Å². The predicted octanol–water partition coefficient (Wildman–Crippen LogP) is 4.91. The second-order valence-electron chi connectivity index (χ2n) is 8.45. The molecule has 0 N–H and O–H groups in total. The number of benzene rings is 3. The number of para-hydroxylation sites is 1. The normalized spacial score (nSPS) is 16.6. The fourth-order valence-corrected chi connectivity index (χ4v) is 4.86. The summed E-state index contributed by atoms with van der Waals surface area (Å²) in [5.74, 6) is 0.117. The van der Waals surface area contributed by atoms with E-state index in [4.69, 9.17) is 11.6 Å². The topological polar surface area (TPSA) is 26.8 Å². The van der Waals surface area contributed by atoms with E-state index in [1.807, 2.05) is 31.3 Å². The first-order chi connectivity index (χ1) is 15.1. The van der Waals surface area contributed by atoms with Gasteiger partial charge >= 0.3 is 0 Å². The number of hydrogen-bond acceptors (Lipinski definition) is 3. The highest BCUT2D eigenvalue weighted by molar-refractivity contribution is 6.33. The molecule has 0 aliphatic carbocycles. The van der Waals surface area contributed by atoms with Crippen molar-refractivity contribution >= 4 is 23.2 Å². The maximum absolute atomic E-state index is 12.2. The first kappa shape index (κ1) is 20.1. The second kappa shape index (κ2) is 8.37. The Hall–Kier alpha value is -2.82. The summed E-state index contributed by atoms with van der Waals surface area (Å²) in [7, 11) is 1.86. The monoisotopic (exact) mass is 431 g/mol.